The molecule has 3 aromatic heterocycles. The van der Waals surface area contributed by atoms with E-state index >= 15 is 0 Å². The van der Waals surface area contributed by atoms with Gasteiger partial charge in [-0.3, -0.25) is 0 Å². The second-order valence-corrected chi connectivity index (χ2v) is 5.92. The molecule has 1 N–H and O–H groups in total. The summed E-state index contributed by atoms with van der Waals surface area (Å²) < 4.78 is 6.78. The summed E-state index contributed by atoms with van der Waals surface area (Å²) in [7, 11) is 0. The smallest absolute Gasteiger partial charge is 0.223 e. The molecular weight excluding hydrogens is 328 g/mol. The van der Waals surface area contributed by atoms with Crippen LogP contribution in [-0.2, 0) is 13.1 Å². The zero-order valence-corrected chi connectivity index (χ0v) is 14.3. The molecule has 0 saturated carbocycles. The Balaban J connectivity index is 1.44. The van der Waals surface area contributed by atoms with Crippen LogP contribution in [0.3, 0.4) is 0 Å². The van der Waals surface area contributed by atoms with Crippen LogP contribution in [0.1, 0.15) is 17.0 Å². The Morgan fingerprint density at radius 2 is 1.92 bits per heavy atom. The Kier molecular flexibility index (Phi) is 4.53. The summed E-state index contributed by atoms with van der Waals surface area (Å²) in [6.07, 6.45) is 5.52. The van der Waals surface area contributed by atoms with Crippen LogP contribution in [0.25, 0.3) is 17.2 Å². The van der Waals surface area contributed by atoms with Crippen molar-refractivity contribution in [3.05, 3.63) is 78.1 Å². The van der Waals surface area contributed by atoms with Gasteiger partial charge < -0.3 is 9.84 Å². The average molecular weight is 346 g/mol. The maximum atomic E-state index is 5.04. The highest BCUT2D eigenvalue weighted by Gasteiger charge is 2.09. The maximum Gasteiger partial charge on any atom is 0.223 e. The van der Waals surface area contributed by atoms with Crippen molar-refractivity contribution in [1.29, 1.82) is 0 Å². The summed E-state index contributed by atoms with van der Waals surface area (Å²) >= 11 is 0. The molecule has 0 radical (unpaired) electrons. The van der Waals surface area contributed by atoms with Gasteiger partial charge in [-0.2, -0.15) is 10.1 Å². The Morgan fingerprint density at radius 1 is 1.08 bits per heavy atom. The fourth-order valence-electron chi connectivity index (χ4n) is 2.62. The van der Waals surface area contributed by atoms with Gasteiger partial charge in [0.1, 0.15) is 0 Å². The van der Waals surface area contributed by atoms with Crippen LogP contribution >= 0.6 is 0 Å². The minimum Gasteiger partial charge on any atom is -0.339 e. The van der Waals surface area contributed by atoms with E-state index in [4.69, 9.17) is 4.52 Å². The number of aryl methyl sites for hydroxylation is 1. The Bertz CT molecular complexity index is 992. The van der Waals surface area contributed by atoms with Gasteiger partial charge in [-0.25, -0.2) is 9.67 Å². The van der Waals surface area contributed by atoms with Gasteiger partial charge in [-0.05, 0) is 17.7 Å². The summed E-state index contributed by atoms with van der Waals surface area (Å²) in [5.74, 6) is 1.78. The fraction of sp³-hybridized carbons (Fsp3) is 0.158. The Hall–Kier alpha value is -3.32. The summed E-state index contributed by atoms with van der Waals surface area (Å²) in [6, 6.07) is 14.0. The lowest BCUT2D eigenvalue weighted by Crippen LogP contribution is -2.12. The van der Waals surface area contributed by atoms with Crippen LogP contribution in [0.5, 0.6) is 0 Å². The number of pyridine rings is 1. The first-order valence-electron chi connectivity index (χ1n) is 8.33. The number of hydrogen-bond donors (Lipinski definition) is 1. The highest BCUT2D eigenvalue weighted by molar-refractivity contribution is 5.56. The molecule has 0 saturated heterocycles. The summed E-state index contributed by atoms with van der Waals surface area (Å²) in [6.45, 7) is 3.32. The molecule has 26 heavy (non-hydrogen) atoms. The Morgan fingerprint density at radius 3 is 2.73 bits per heavy atom. The van der Waals surface area contributed by atoms with Gasteiger partial charge in [0.25, 0.3) is 0 Å². The zero-order chi connectivity index (χ0) is 17.8. The van der Waals surface area contributed by atoms with E-state index in [9.17, 15) is 0 Å². The lowest BCUT2D eigenvalue weighted by Gasteiger charge is -2.03. The van der Waals surface area contributed by atoms with Crippen LogP contribution in [0.15, 0.2) is 65.6 Å². The van der Waals surface area contributed by atoms with E-state index in [2.05, 4.69) is 37.7 Å². The van der Waals surface area contributed by atoms with Crippen LogP contribution < -0.4 is 5.32 Å². The van der Waals surface area contributed by atoms with Crippen molar-refractivity contribution in [2.45, 2.75) is 20.0 Å². The first kappa shape index (κ1) is 16.2. The van der Waals surface area contributed by atoms with Crippen molar-refractivity contribution in [1.82, 2.24) is 30.2 Å². The monoisotopic (exact) mass is 346 g/mol. The van der Waals surface area contributed by atoms with Gasteiger partial charge in [0.2, 0.25) is 11.7 Å². The summed E-state index contributed by atoms with van der Waals surface area (Å²) in [5, 5.41) is 11.8. The molecule has 0 atom stereocenters. The minimum atomic E-state index is 0.532. The molecule has 0 amide bonds. The molecule has 7 heteroatoms. The number of rotatable bonds is 6. The van der Waals surface area contributed by atoms with Crippen molar-refractivity contribution in [2.24, 2.45) is 0 Å². The van der Waals surface area contributed by atoms with Crippen molar-refractivity contribution < 1.29 is 4.52 Å². The third-order valence-corrected chi connectivity index (χ3v) is 3.90. The molecule has 3 heterocycles. The third-order valence-electron chi connectivity index (χ3n) is 3.90. The van der Waals surface area contributed by atoms with E-state index in [-0.39, 0.29) is 0 Å². The molecule has 0 aliphatic rings. The van der Waals surface area contributed by atoms with E-state index in [1.54, 1.807) is 17.8 Å². The van der Waals surface area contributed by atoms with E-state index in [1.165, 1.54) is 5.56 Å². The minimum absolute atomic E-state index is 0.532. The van der Waals surface area contributed by atoms with Crippen molar-refractivity contribution in [3.8, 4) is 17.2 Å². The van der Waals surface area contributed by atoms with E-state index in [0.717, 1.165) is 24.2 Å². The normalized spacial score (nSPS) is 11.0. The molecule has 0 spiro atoms. The van der Waals surface area contributed by atoms with Crippen LogP contribution in [0, 0.1) is 6.92 Å². The molecule has 4 aromatic rings. The molecule has 7 nitrogen and oxygen atoms in total. The number of aromatic nitrogens is 5. The predicted molar refractivity (Wildman–Crippen MR) is 96.4 cm³/mol. The Labute approximate surface area is 150 Å². The second kappa shape index (κ2) is 7.28. The highest BCUT2D eigenvalue weighted by Crippen LogP contribution is 2.17. The van der Waals surface area contributed by atoms with Crippen LogP contribution in [0.2, 0.25) is 0 Å². The van der Waals surface area contributed by atoms with Crippen LogP contribution in [-0.4, -0.2) is 24.9 Å². The maximum absolute atomic E-state index is 5.04. The first-order chi connectivity index (χ1) is 12.8. The SMILES string of the molecule is Cc1nc(-c2ccnc(-n3cc(CNCc4ccccc4)cn3)c2)no1. The quantitative estimate of drug-likeness (QED) is 0.578. The molecule has 0 unspecified atom stereocenters. The molecule has 0 aliphatic heterocycles. The largest absolute Gasteiger partial charge is 0.339 e. The summed E-state index contributed by atoms with van der Waals surface area (Å²) in [4.78, 5) is 8.62. The van der Waals surface area contributed by atoms with Crippen molar-refractivity contribution in [2.75, 3.05) is 0 Å². The van der Waals surface area contributed by atoms with Gasteiger partial charge in [-0.1, -0.05) is 35.5 Å². The first-order valence-corrected chi connectivity index (χ1v) is 8.33. The predicted octanol–water partition coefficient (Wildman–Crippen LogP) is 2.92. The van der Waals surface area contributed by atoms with Gasteiger partial charge >= 0.3 is 0 Å². The zero-order valence-electron chi connectivity index (χ0n) is 14.3. The van der Waals surface area contributed by atoms with E-state index in [1.807, 2.05) is 42.7 Å². The van der Waals surface area contributed by atoms with E-state index < -0.39 is 0 Å². The third kappa shape index (κ3) is 3.68. The second-order valence-electron chi connectivity index (χ2n) is 5.92. The lowest BCUT2D eigenvalue weighted by atomic mass is 10.2. The highest BCUT2D eigenvalue weighted by atomic mass is 16.5. The molecule has 0 aliphatic carbocycles. The topological polar surface area (TPSA) is 81.7 Å². The van der Waals surface area contributed by atoms with Crippen molar-refractivity contribution in [3.63, 3.8) is 0 Å². The summed E-state index contributed by atoms with van der Waals surface area (Å²) in [5.41, 5.74) is 3.18. The molecule has 0 bridgehead atoms. The molecular formula is C19H18N6O. The van der Waals surface area contributed by atoms with Gasteiger partial charge in [-0.15, -0.1) is 0 Å². The van der Waals surface area contributed by atoms with Gasteiger partial charge in [0, 0.05) is 43.5 Å². The lowest BCUT2D eigenvalue weighted by molar-refractivity contribution is 0.394. The van der Waals surface area contributed by atoms with Crippen LogP contribution in [0.4, 0.5) is 0 Å². The van der Waals surface area contributed by atoms with E-state index in [0.29, 0.717) is 17.5 Å². The van der Waals surface area contributed by atoms with Gasteiger partial charge in [0.15, 0.2) is 5.82 Å². The molecule has 4 rings (SSSR count). The van der Waals surface area contributed by atoms with Crippen molar-refractivity contribution >= 4 is 0 Å². The van der Waals surface area contributed by atoms with Gasteiger partial charge in [0.05, 0.1) is 6.20 Å². The standard InChI is InChI=1S/C19H18N6O/c1-14-23-19(24-26-14)17-7-8-21-18(9-17)25-13-16(12-22-25)11-20-10-15-5-3-2-4-6-15/h2-9,12-13,20H,10-11H2,1H3. The number of nitrogens with zero attached hydrogens (tertiary/aromatic N) is 5. The number of hydrogen-bond acceptors (Lipinski definition) is 6. The average Bonchev–Trinajstić information content (AvgIpc) is 3.32. The number of benzene rings is 1. The number of nitrogens with one attached hydrogen (secondary N) is 1. The molecule has 130 valence electrons. The molecule has 0 fully saturated rings. The fourth-order valence-corrected chi connectivity index (χ4v) is 2.62. The molecule has 1 aromatic carbocycles.